The molecule has 3 nitrogen and oxygen atoms in total. The first-order valence-corrected chi connectivity index (χ1v) is 8.57. The van der Waals surface area contributed by atoms with Crippen LogP contribution in [0.1, 0.15) is 15.9 Å². The van der Waals surface area contributed by atoms with Crippen LogP contribution in [0.3, 0.4) is 0 Å². The Balaban J connectivity index is 2.03. The van der Waals surface area contributed by atoms with Gasteiger partial charge >= 0.3 is 0 Å². The number of carbonyl (C=O) groups excluding carboxylic acids is 1. The molecule has 2 aromatic carbocycles. The van der Waals surface area contributed by atoms with Crippen LogP contribution in [0.5, 0.6) is 0 Å². The second-order valence-electron chi connectivity index (χ2n) is 4.50. The molecule has 2 aromatic rings. The number of nitrogens with one attached hydrogen (secondary N) is 2. The molecule has 7 heteroatoms. The predicted molar refractivity (Wildman–Crippen MR) is 102 cm³/mol. The fourth-order valence-corrected chi connectivity index (χ4v) is 2.66. The zero-order chi connectivity index (χ0) is 16.3. The first kappa shape index (κ1) is 17.4. The summed E-state index contributed by atoms with van der Waals surface area (Å²) in [5.41, 5.74) is 2.28. The van der Waals surface area contributed by atoms with Crippen LogP contribution in [-0.2, 0) is 0 Å². The largest absolute Gasteiger partial charge is 0.332 e. The summed E-state index contributed by atoms with van der Waals surface area (Å²) in [5, 5.41) is 6.32. The van der Waals surface area contributed by atoms with Crippen LogP contribution in [0.15, 0.2) is 45.3 Å². The van der Waals surface area contributed by atoms with Crippen molar-refractivity contribution < 1.29 is 4.79 Å². The summed E-state index contributed by atoms with van der Waals surface area (Å²) in [6.45, 7) is 1.95. The molecule has 0 aliphatic carbocycles. The molecule has 22 heavy (non-hydrogen) atoms. The molecular weight excluding hydrogens is 452 g/mol. The number of benzene rings is 2. The first-order chi connectivity index (χ1) is 10.4. The molecular formula is C15H11Br2ClN2OS. The van der Waals surface area contributed by atoms with Gasteiger partial charge in [-0.15, -0.1) is 0 Å². The summed E-state index contributed by atoms with van der Waals surface area (Å²) in [4.78, 5) is 12.1. The van der Waals surface area contributed by atoms with Gasteiger partial charge in [0.05, 0.1) is 5.02 Å². The highest BCUT2D eigenvalue weighted by Gasteiger charge is 2.09. The van der Waals surface area contributed by atoms with Crippen molar-refractivity contribution in [1.29, 1.82) is 0 Å². The van der Waals surface area contributed by atoms with Gasteiger partial charge in [-0.25, -0.2) is 0 Å². The number of rotatable bonds is 2. The number of anilines is 1. The fourth-order valence-electron chi connectivity index (χ4n) is 1.65. The van der Waals surface area contributed by atoms with Crippen molar-refractivity contribution in [2.75, 3.05) is 5.32 Å². The van der Waals surface area contributed by atoms with E-state index in [9.17, 15) is 4.79 Å². The quantitative estimate of drug-likeness (QED) is 0.595. The van der Waals surface area contributed by atoms with E-state index in [2.05, 4.69) is 42.5 Å². The molecule has 0 bridgehead atoms. The average molecular weight is 463 g/mol. The van der Waals surface area contributed by atoms with Gasteiger partial charge in [0.15, 0.2) is 5.11 Å². The lowest BCUT2D eigenvalue weighted by atomic mass is 10.1. The lowest BCUT2D eigenvalue weighted by molar-refractivity contribution is 0.0977. The van der Waals surface area contributed by atoms with Crippen molar-refractivity contribution >= 4 is 72.4 Å². The molecule has 0 atom stereocenters. The summed E-state index contributed by atoms with van der Waals surface area (Å²) in [6, 6.07) is 10.7. The SMILES string of the molecule is Cc1ccc(C(=O)NC(=S)Nc2ccc(Br)c(Cl)c2)cc1Br. The van der Waals surface area contributed by atoms with Crippen LogP contribution >= 0.6 is 55.7 Å². The minimum Gasteiger partial charge on any atom is -0.332 e. The number of halogens is 3. The van der Waals surface area contributed by atoms with Crippen molar-refractivity contribution in [3.8, 4) is 0 Å². The third-order valence-corrected chi connectivity index (χ3v) is 5.13. The van der Waals surface area contributed by atoms with E-state index in [1.807, 2.05) is 13.0 Å². The Morgan fingerprint density at radius 3 is 2.50 bits per heavy atom. The lowest BCUT2D eigenvalue weighted by Gasteiger charge is -2.11. The van der Waals surface area contributed by atoms with Gasteiger partial charge in [-0.05, 0) is 71.0 Å². The van der Waals surface area contributed by atoms with Gasteiger partial charge in [-0.3, -0.25) is 10.1 Å². The Morgan fingerprint density at radius 1 is 1.14 bits per heavy atom. The van der Waals surface area contributed by atoms with Gasteiger partial charge in [-0.2, -0.15) is 0 Å². The van der Waals surface area contributed by atoms with Gasteiger partial charge in [-0.1, -0.05) is 33.6 Å². The van der Waals surface area contributed by atoms with Crippen LogP contribution in [0.4, 0.5) is 5.69 Å². The van der Waals surface area contributed by atoms with Crippen molar-refractivity contribution in [1.82, 2.24) is 5.32 Å². The molecule has 0 spiro atoms. The van der Waals surface area contributed by atoms with Crippen LogP contribution in [0.2, 0.25) is 5.02 Å². The molecule has 0 aliphatic rings. The maximum atomic E-state index is 12.1. The molecule has 2 rings (SSSR count). The standard InChI is InChI=1S/C15H11Br2ClN2OS/c1-8-2-3-9(6-12(8)17)14(21)20-15(22)19-10-4-5-11(16)13(18)7-10/h2-7H,1H3,(H2,19,20,21,22). The Kier molecular flexibility index (Phi) is 5.97. The zero-order valence-corrected chi connectivity index (χ0v) is 16.2. The van der Waals surface area contributed by atoms with Gasteiger partial charge in [0, 0.05) is 20.2 Å². The monoisotopic (exact) mass is 460 g/mol. The number of carbonyl (C=O) groups is 1. The van der Waals surface area contributed by atoms with Crippen molar-refractivity contribution in [2.24, 2.45) is 0 Å². The molecule has 0 fully saturated rings. The average Bonchev–Trinajstić information content (AvgIpc) is 2.45. The molecule has 2 N–H and O–H groups in total. The highest BCUT2D eigenvalue weighted by molar-refractivity contribution is 9.10. The Morgan fingerprint density at radius 2 is 1.86 bits per heavy atom. The molecule has 0 heterocycles. The lowest BCUT2D eigenvalue weighted by Crippen LogP contribution is -2.34. The molecule has 1 amide bonds. The van der Waals surface area contributed by atoms with Crippen LogP contribution in [-0.4, -0.2) is 11.0 Å². The first-order valence-electron chi connectivity index (χ1n) is 6.20. The summed E-state index contributed by atoms with van der Waals surface area (Å²) >= 11 is 17.9. The third kappa shape index (κ3) is 4.52. The van der Waals surface area contributed by atoms with Crippen LogP contribution in [0, 0.1) is 6.92 Å². The molecule has 0 saturated carbocycles. The highest BCUT2D eigenvalue weighted by Crippen LogP contribution is 2.25. The normalized spacial score (nSPS) is 10.2. The molecule has 0 aliphatic heterocycles. The van der Waals surface area contributed by atoms with Gasteiger partial charge in [0.25, 0.3) is 5.91 Å². The molecule has 114 valence electrons. The smallest absolute Gasteiger partial charge is 0.257 e. The topological polar surface area (TPSA) is 41.1 Å². The van der Waals surface area contributed by atoms with E-state index in [1.54, 1.807) is 30.3 Å². The fraction of sp³-hybridized carbons (Fsp3) is 0.0667. The van der Waals surface area contributed by atoms with E-state index in [0.717, 1.165) is 14.5 Å². The summed E-state index contributed by atoms with van der Waals surface area (Å²) in [5.74, 6) is -0.276. The minimum absolute atomic E-state index is 0.208. The van der Waals surface area contributed by atoms with E-state index in [1.165, 1.54) is 0 Å². The molecule has 0 radical (unpaired) electrons. The van der Waals surface area contributed by atoms with Crippen molar-refractivity contribution in [3.05, 3.63) is 61.5 Å². The number of aryl methyl sites for hydroxylation is 1. The molecule has 0 unspecified atom stereocenters. The predicted octanol–water partition coefficient (Wildman–Crippen LogP) is 5.30. The van der Waals surface area contributed by atoms with E-state index in [-0.39, 0.29) is 11.0 Å². The van der Waals surface area contributed by atoms with E-state index in [4.69, 9.17) is 23.8 Å². The number of hydrogen-bond donors (Lipinski definition) is 2. The van der Waals surface area contributed by atoms with Gasteiger partial charge < -0.3 is 5.32 Å². The second kappa shape index (κ2) is 7.55. The number of hydrogen-bond acceptors (Lipinski definition) is 2. The van der Waals surface area contributed by atoms with Crippen LogP contribution < -0.4 is 10.6 Å². The summed E-state index contributed by atoms with van der Waals surface area (Å²) in [7, 11) is 0. The van der Waals surface area contributed by atoms with Crippen LogP contribution in [0.25, 0.3) is 0 Å². The number of thiocarbonyl (C=S) groups is 1. The molecule has 0 aromatic heterocycles. The van der Waals surface area contributed by atoms with Crippen molar-refractivity contribution in [2.45, 2.75) is 6.92 Å². The highest BCUT2D eigenvalue weighted by atomic mass is 79.9. The van der Waals surface area contributed by atoms with Gasteiger partial charge in [0.2, 0.25) is 0 Å². The van der Waals surface area contributed by atoms with Gasteiger partial charge in [0.1, 0.15) is 0 Å². The minimum atomic E-state index is -0.276. The summed E-state index contributed by atoms with van der Waals surface area (Å²) in [6.07, 6.45) is 0. The van der Waals surface area contributed by atoms with Crippen molar-refractivity contribution in [3.63, 3.8) is 0 Å². The van der Waals surface area contributed by atoms with E-state index in [0.29, 0.717) is 16.3 Å². The maximum absolute atomic E-state index is 12.1. The van der Waals surface area contributed by atoms with E-state index < -0.39 is 0 Å². The third-order valence-electron chi connectivity index (χ3n) is 2.84. The Labute approximate surface area is 155 Å². The summed E-state index contributed by atoms with van der Waals surface area (Å²) < 4.78 is 1.66. The Bertz CT molecular complexity index is 752. The van der Waals surface area contributed by atoms with E-state index >= 15 is 0 Å². The molecule has 0 saturated heterocycles. The second-order valence-corrected chi connectivity index (χ2v) is 7.03. The Hall–Kier alpha value is -0.950. The number of amides is 1. The maximum Gasteiger partial charge on any atom is 0.257 e. The zero-order valence-electron chi connectivity index (χ0n) is 11.4.